The van der Waals surface area contributed by atoms with Crippen molar-refractivity contribution in [3.63, 3.8) is 0 Å². The Morgan fingerprint density at radius 3 is 2.36 bits per heavy atom. The third-order valence-corrected chi connectivity index (χ3v) is 7.82. The van der Waals surface area contributed by atoms with Gasteiger partial charge in [-0.2, -0.15) is 0 Å². The Kier molecular flexibility index (Phi) is 7.41. The maximum Gasteiger partial charge on any atom is 0.340 e. The van der Waals surface area contributed by atoms with E-state index in [1.165, 1.54) is 0 Å². The maximum absolute atomic E-state index is 13.6. The van der Waals surface area contributed by atoms with Crippen LogP contribution < -0.4 is 9.64 Å². The number of aromatic nitrogens is 1. The number of hydrogen-bond donors (Lipinski definition) is 0. The first-order chi connectivity index (χ1) is 18.9. The smallest absolute Gasteiger partial charge is 0.340 e. The molecule has 2 unspecified atom stereocenters. The molecule has 1 aromatic heterocycles. The van der Waals surface area contributed by atoms with Crippen LogP contribution in [0.3, 0.4) is 0 Å². The molecule has 5 rings (SSSR count). The fourth-order valence-electron chi connectivity index (χ4n) is 6.22. The lowest BCUT2D eigenvalue weighted by Gasteiger charge is -2.33. The Hall–Kier alpha value is -3.77. The van der Waals surface area contributed by atoms with Crippen molar-refractivity contribution in [2.45, 2.75) is 53.4 Å². The summed E-state index contributed by atoms with van der Waals surface area (Å²) in [6, 6.07) is 22.3. The summed E-state index contributed by atoms with van der Waals surface area (Å²) >= 11 is 0. The normalized spacial score (nSPS) is 17.2. The van der Waals surface area contributed by atoms with Crippen LogP contribution in [0.15, 0.2) is 66.7 Å². The number of hydrogen-bond acceptors (Lipinski definition) is 5. The zero-order valence-corrected chi connectivity index (χ0v) is 23.8. The van der Waals surface area contributed by atoms with E-state index in [1.807, 2.05) is 50.2 Å². The zero-order valence-electron chi connectivity index (χ0n) is 23.8. The lowest BCUT2D eigenvalue weighted by molar-refractivity contribution is 0.0214. The van der Waals surface area contributed by atoms with Crippen LogP contribution in [0.1, 0.15) is 73.6 Å². The van der Waals surface area contributed by atoms with Crippen LogP contribution in [0.4, 0.5) is 5.69 Å². The van der Waals surface area contributed by atoms with E-state index in [0.29, 0.717) is 24.5 Å². The second kappa shape index (κ2) is 10.8. The number of carbonyl (C=O) groups excluding carboxylic acids is 1. The predicted molar refractivity (Wildman–Crippen MR) is 156 cm³/mol. The fraction of sp³-hybridized carbons (Fsp3) is 0.364. The topological polar surface area (TPSA) is 52.9 Å². The summed E-state index contributed by atoms with van der Waals surface area (Å²) in [5.41, 5.74) is 5.03. The number of fused-ring (bicyclic) bond motifs is 2. The molecule has 2 atom stereocenters. The van der Waals surface area contributed by atoms with Crippen molar-refractivity contribution >= 4 is 22.6 Å². The standard InChI is InChI=1S/C33H38N2O4/c1-7-34(8-2)24-19-20-28(30(21-24)38-10-4)33(27-17-13-11-15-25(27)32(36)39-33)31-22(5)35(23(6)37-9-3)29-18-14-12-16-26(29)31/h11-21,23H,7-10H2,1-6H3. The molecule has 2 heterocycles. The number of rotatable bonds is 10. The molecule has 204 valence electrons. The van der Waals surface area contributed by atoms with Gasteiger partial charge in [0.2, 0.25) is 0 Å². The predicted octanol–water partition coefficient (Wildman–Crippen LogP) is 7.21. The highest BCUT2D eigenvalue weighted by molar-refractivity contribution is 5.99. The van der Waals surface area contributed by atoms with Crippen molar-refractivity contribution in [3.8, 4) is 5.75 Å². The average Bonchev–Trinajstić information content (AvgIpc) is 3.41. The summed E-state index contributed by atoms with van der Waals surface area (Å²) in [6.07, 6.45) is -0.200. The number of carbonyl (C=O) groups is 1. The molecule has 0 saturated heterocycles. The van der Waals surface area contributed by atoms with Gasteiger partial charge in [0.15, 0.2) is 5.60 Å². The number of para-hydroxylation sites is 1. The summed E-state index contributed by atoms with van der Waals surface area (Å²) in [5, 5.41) is 1.02. The van der Waals surface area contributed by atoms with E-state index in [4.69, 9.17) is 14.2 Å². The van der Waals surface area contributed by atoms with Crippen molar-refractivity contribution in [3.05, 3.63) is 94.7 Å². The van der Waals surface area contributed by atoms with Gasteiger partial charge in [-0.25, -0.2) is 4.79 Å². The maximum atomic E-state index is 13.6. The van der Waals surface area contributed by atoms with E-state index < -0.39 is 5.60 Å². The summed E-state index contributed by atoms with van der Waals surface area (Å²) in [7, 11) is 0. The highest BCUT2D eigenvalue weighted by atomic mass is 16.6. The molecule has 0 bridgehead atoms. The first kappa shape index (κ1) is 26.8. The van der Waals surface area contributed by atoms with Gasteiger partial charge >= 0.3 is 5.97 Å². The number of cyclic esters (lactones) is 1. The molecule has 4 aromatic rings. The van der Waals surface area contributed by atoms with Crippen molar-refractivity contribution in [2.75, 3.05) is 31.2 Å². The van der Waals surface area contributed by atoms with E-state index in [2.05, 4.69) is 67.5 Å². The first-order valence-corrected chi connectivity index (χ1v) is 14.0. The van der Waals surface area contributed by atoms with Gasteiger partial charge in [-0.3, -0.25) is 0 Å². The quantitative estimate of drug-likeness (QED) is 0.204. The Bertz CT molecular complexity index is 1500. The van der Waals surface area contributed by atoms with Crippen LogP contribution in [0, 0.1) is 6.92 Å². The SMILES string of the molecule is CCOc1cc(N(CC)CC)ccc1C1(c2c(C)n(C(C)OCC)c3ccccc23)OC(=O)c2ccccc21. The van der Waals surface area contributed by atoms with Crippen LogP contribution >= 0.6 is 0 Å². The van der Waals surface area contributed by atoms with Gasteiger partial charge in [-0.15, -0.1) is 0 Å². The lowest BCUT2D eigenvalue weighted by atomic mass is 9.78. The average molecular weight is 527 g/mol. The molecule has 39 heavy (non-hydrogen) atoms. The zero-order chi connectivity index (χ0) is 27.7. The molecule has 0 aliphatic carbocycles. The van der Waals surface area contributed by atoms with Crippen LogP contribution in [-0.2, 0) is 15.1 Å². The first-order valence-electron chi connectivity index (χ1n) is 14.0. The van der Waals surface area contributed by atoms with Gasteiger partial charge in [0, 0.05) is 59.2 Å². The number of benzene rings is 3. The third-order valence-electron chi connectivity index (χ3n) is 7.82. The summed E-state index contributed by atoms with van der Waals surface area (Å²) in [5.74, 6) is 0.371. The number of nitrogens with zero attached hydrogens (tertiary/aromatic N) is 2. The minimum absolute atomic E-state index is 0.200. The highest BCUT2D eigenvalue weighted by Crippen LogP contribution is 2.53. The van der Waals surface area contributed by atoms with Crippen molar-refractivity contribution in [1.82, 2.24) is 4.57 Å². The van der Waals surface area contributed by atoms with E-state index in [0.717, 1.165) is 52.1 Å². The van der Waals surface area contributed by atoms with Crippen molar-refractivity contribution in [2.24, 2.45) is 0 Å². The fourth-order valence-corrected chi connectivity index (χ4v) is 6.22. The molecule has 0 radical (unpaired) electrons. The number of ether oxygens (including phenoxy) is 3. The van der Waals surface area contributed by atoms with Crippen LogP contribution in [0.5, 0.6) is 5.75 Å². The van der Waals surface area contributed by atoms with Crippen LogP contribution in [0.25, 0.3) is 10.9 Å². The molecule has 0 N–H and O–H groups in total. The molecule has 0 amide bonds. The summed E-state index contributed by atoms with van der Waals surface area (Å²) in [6.45, 7) is 15.3. The molecule has 0 spiro atoms. The second-order valence-corrected chi connectivity index (χ2v) is 9.80. The Morgan fingerprint density at radius 2 is 1.64 bits per heavy atom. The molecule has 0 fully saturated rings. The third kappa shape index (κ3) is 4.18. The van der Waals surface area contributed by atoms with E-state index in [1.54, 1.807) is 0 Å². The van der Waals surface area contributed by atoms with Gasteiger partial charge in [-0.1, -0.05) is 36.4 Å². The highest BCUT2D eigenvalue weighted by Gasteiger charge is 2.52. The molecular formula is C33H38N2O4. The molecule has 1 aliphatic heterocycles. The molecule has 3 aromatic carbocycles. The Morgan fingerprint density at radius 1 is 0.923 bits per heavy atom. The van der Waals surface area contributed by atoms with Crippen molar-refractivity contribution < 1.29 is 19.0 Å². The minimum Gasteiger partial charge on any atom is -0.493 e. The minimum atomic E-state index is -1.19. The van der Waals surface area contributed by atoms with E-state index in [9.17, 15) is 4.79 Å². The second-order valence-electron chi connectivity index (χ2n) is 9.80. The van der Waals surface area contributed by atoms with E-state index >= 15 is 0 Å². The summed E-state index contributed by atoms with van der Waals surface area (Å²) < 4.78 is 21.2. The Labute approximate surface area is 231 Å². The number of anilines is 1. The molecular weight excluding hydrogens is 488 g/mol. The monoisotopic (exact) mass is 526 g/mol. The lowest BCUT2D eigenvalue weighted by Crippen LogP contribution is -2.31. The van der Waals surface area contributed by atoms with Gasteiger partial charge < -0.3 is 23.7 Å². The molecule has 6 nitrogen and oxygen atoms in total. The summed E-state index contributed by atoms with van der Waals surface area (Å²) in [4.78, 5) is 15.8. The van der Waals surface area contributed by atoms with Gasteiger partial charge in [0.1, 0.15) is 12.0 Å². The van der Waals surface area contributed by atoms with Gasteiger partial charge in [0.25, 0.3) is 0 Å². The van der Waals surface area contributed by atoms with Crippen LogP contribution in [0.2, 0.25) is 0 Å². The van der Waals surface area contributed by atoms with Gasteiger partial charge in [0.05, 0.1) is 17.7 Å². The molecule has 1 aliphatic rings. The molecule has 6 heteroatoms. The number of esters is 1. The largest absolute Gasteiger partial charge is 0.493 e. The van der Waals surface area contributed by atoms with Gasteiger partial charge in [-0.05, 0) is 65.8 Å². The van der Waals surface area contributed by atoms with Crippen LogP contribution in [-0.4, -0.2) is 36.8 Å². The molecule has 0 saturated carbocycles. The Balaban J connectivity index is 1.90. The van der Waals surface area contributed by atoms with Crippen molar-refractivity contribution in [1.29, 1.82) is 0 Å². The van der Waals surface area contributed by atoms with E-state index in [-0.39, 0.29) is 12.2 Å².